The molecule has 3 rings (SSSR count). The summed E-state index contributed by atoms with van der Waals surface area (Å²) in [6, 6.07) is 0. The maximum Gasteiger partial charge on any atom is 0.193 e. The van der Waals surface area contributed by atoms with Crippen LogP contribution in [0.4, 0.5) is 0 Å². The van der Waals surface area contributed by atoms with E-state index in [9.17, 15) is 0 Å². The maximum atomic E-state index is 6.18. The summed E-state index contributed by atoms with van der Waals surface area (Å²) < 4.78 is 6.18. The molecule has 25 heavy (non-hydrogen) atoms. The van der Waals surface area contributed by atoms with E-state index in [4.69, 9.17) is 4.74 Å². The van der Waals surface area contributed by atoms with Crippen LogP contribution >= 0.6 is 11.3 Å². The molecule has 1 aromatic heterocycles. The molecule has 1 N–H and O–H groups in total. The van der Waals surface area contributed by atoms with Crippen molar-refractivity contribution in [3.8, 4) is 0 Å². The third-order valence-corrected chi connectivity index (χ3v) is 6.37. The second-order valence-corrected chi connectivity index (χ2v) is 8.10. The molecule has 0 aromatic carbocycles. The van der Waals surface area contributed by atoms with Gasteiger partial charge in [-0.2, -0.15) is 0 Å². The molecule has 140 valence electrons. The molecule has 1 aromatic rings. The molecule has 1 aliphatic carbocycles. The zero-order valence-electron chi connectivity index (χ0n) is 15.7. The zero-order chi connectivity index (χ0) is 17.5. The van der Waals surface area contributed by atoms with Crippen LogP contribution in [0.1, 0.15) is 56.2 Å². The van der Waals surface area contributed by atoms with Gasteiger partial charge in [0.25, 0.3) is 0 Å². The molecule has 1 aliphatic heterocycles. The lowest BCUT2D eigenvalue weighted by Crippen LogP contribution is -2.46. The molecule has 1 saturated carbocycles. The number of rotatable bonds is 6. The normalized spacial score (nSPS) is 20.4. The van der Waals surface area contributed by atoms with E-state index < -0.39 is 0 Å². The van der Waals surface area contributed by atoms with E-state index >= 15 is 0 Å². The van der Waals surface area contributed by atoms with Crippen LogP contribution in [0.3, 0.4) is 0 Å². The van der Waals surface area contributed by atoms with Gasteiger partial charge in [-0.3, -0.25) is 4.99 Å². The largest absolute Gasteiger partial charge is 0.378 e. The number of aryl methyl sites for hydroxylation is 1. The first-order chi connectivity index (χ1) is 12.3. The number of hydrogen-bond donors (Lipinski definition) is 1. The fraction of sp³-hybridized carbons (Fsp3) is 0.789. The van der Waals surface area contributed by atoms with Crippen LogP contribution in [0.5, 0.6) is 0 Å². The summed E-state index contributed by atoms with van der Waals surface area (Å²) in [5.41, 5.74) is 1.11. The summed E-state index contributed by atoms with van der Waals surface area (Å²) in [6.45, 7) is 5.91. The number of aromatic nitrogens is 1. The first-order valence-corrected chi connectivity index (χ1v) is 10.7. The summed E-state index contributed by atoms with van der Waals surface area (Å²) in [6.07, 6.45) is 9.17. The van der Waals surface area contributed by atoms with Crippen LogP contribution in [0.25, 0.3) is 0 Å². The van der Waals surface area contributed by atoms with E-state index in [0.29, 0.717) is 6.10 Å². The Bertz CT molecular complexity index is 545. The van der Waals surface area contributed by atoms with E-state index in [1.165, 1.54) is 30.7 Å². The average Bonchev–Trinajstić information content (AvgIpc) is 3.33. The van der Waals surface area contributed by atoms with Crippen molar-refractivity contribution in [1.82, 2.24) is 15.2 Å². The lowest BCUT2D eigenvalue weighted by molar-refractivity contribution is 0.00101. The first-order valence-electron chi connectivity index (χ1n) is 9.79. The molecule has 6 heteroatoms. The van der Waals surface area contributed by atoms with Crippen LogP contribution < -0.4 is 5.32 Å². The molecule has 0 bridgehead atoms. The fourth-order valence-electron chi connectivity index (χ4n) is 3.78. The number of aliphatic imine (C=N–C) groups is 1. The maximum absolute atomic E-state index is 6.18. The predicted molar refractivity (Wildman–Crippen MR) is 104 cm³/mol. The summed E-state index contributed by atoms with van der Waals surface area (Å²) in [5.74, 6) is 1.80. The number of guanidine groups is 1. The van der Waals surface area contributed by atoms with E-state index in [2.05, 4.69) is 32.5 Å². The molecule has 5 nitrogen and oxygen atoms in total. The van der Waals surface area contributed by atoms with E-state index in [1.54, 1.807) is 11.3 Å². The van der Waals surface area contributed by atoms with Crippen molar-refractivity contribution >= 4 is 17.3 Å². The second-order valence-electron chi connectivity index (χ2n) is 7.16. The Morgan fingerprint density at radius 1 is 1.32 bits per heavy atom. The standard InChI is InChI=1S/C19H32N4OS/c1-3-18-22-16(14-25-18)12-21-19(20-2)23-10-8-17(9-11-23)24-13-15-6-4-5-7-15/h14-15,17H,3-13H2,1-2H3,(H,20,21). The van der Waals surface area contributed by atoms with E-state index in [1.807, 2.05) is 7.05 Å². The number of ether oxygens (including phenoxy) is 1. The van der Waals surface area contributed by atoms with Gasteiger partial charge in [0.05, 0.1) is 23.4 Å². The Balaban J connectivity index is 1.39. The Labute approximate surface area is 155 Å². The number of likely N-dealkylation sites (tertiary alicyclic amines) is 1. The van der Waals surface area contributed by atoms with E-state index in [0.717, 1.165) is 63.1 Å². The van der Waals surface area contributed by atoms with Gasteiger partial charge in [0, 0.05) is 32.1 Å². The van der Waals surface area contributed by atoms with Gasteiger partial charge in [-0.05, 0) is 38.0 Å². The minimum absolute atomic E-state index is 0.431. The number of nitrogens with one attached hydrogen (secondary N) is 1. The molecule has 0 radical (unpaired) electrons. The monoisotopic (exact) mass is 364 g/mol. The Kier molecular flexibility index (Phi) is 7.11. The smallest absolute Gasteiger partial charge is 0.193 e. The SMILES string of the molecule is CCc1nc(CNC(=NC)N2CCC(OCC3CCCC3)CC2)cs1. The lowest BCUT2D eigenvalue weighted by atomic mass is 10.1. The number of thiazole rings is 1. The molecule has 2 fully saturated rings. The summed E-state index contributed by atoms with van der Waals surface area (Å²) in [7, 11) is 1.86. The minimum Gasteiger partial charge on any atom is -0.378 e. The first kappa shape index (κ1) is 18.6. The third-order valence-electron chi connectivity index (χ3n) is 5.33. The van der Waals surface area contributed by atoms with Gasteiger partial charge in [-0.1, -0.05) is 19.8 Å². The van der Waals surface area contributed by atoms with Crippen molar-refractivity contribution in [2.45, 2.75) is 64.5 Å². The predicted octanol–water partition coefficient (Wildman–Crippen LogP) is 3.45. The molecule has 2 heterocycles. The van der Waals surface area contributed by atoms with Gasteiger partial charge in [0.2, 0.25) is 0 Å². The Morgan fingerprint density at radius 2 is 2.08 bits per heavy atom. The quantitative estimate of drug-likeness (QED) is 0.620. The highest BCUT2D eigenvalue weighted by molar-refractivity contribution is 7.09. The van der Waals surface area contributed by atoms with Gasteiger partial charge in [0.1, 0.15) is 0 Å². The van der Waals surface area contributed by atoms with Crippen LogP contribution in [0.15, 0.2) is 10.4 Å². The van der Waals surface area contributed by atoms with Gasteiger partial charge in [0.15, 0.2) is 5.96 Å². The molecule has 1 saturated heterocycles. The van der Waals surface area contributed by atoms with Crippen molar-refractivity contribution < 1.29 is 4.74 Å². The fourth-order valence-corrected chi connectivity index (χ4v) is 4.52. The highest BCUT2D eigenvalue weighted by atomic mass is 32.1. The lowest BCUT2D eigenvalue weighted by Gasteiger charge is -2.34. The molecule has 0 amide bonds. The van der Waals surface area contributed by atoms with Crippen molar-refractivity contribution in [2.75, 3.05) is 26.7 Å². The minimum atomic E-state index is 0.431. The highest BCUT2D eigenvalue weighted by Crippen LogP contribution is 2.26. The molecular weight excluding hydrogens is 332 g/mol. The summed E-state index contributed by atoms with van der Waals surface area (Å²) in [5, 5.41) is 6.81. The number of nitrogens with zero attached hydrogens (tertiary/aromatic N) is 3. The van der Waals surface area contributed by atoms with Crippen LogP contribution in [0, 0.1) is 5.92 Å². The van der Waals surface area contributed by atoms with Crippen LogP contribution in [-0.4, -0.2) is 48.7 Å². The van der Waals surface area contributed by atoms with Gasteiger partial charge in [-0.15, -0.1) is 11.3 Å². The Morgan fingerprint density at radius 3 is 2.72 bits per heavy atom. The molecule has 2 aliphatic rings. The Hall–Kier alpha value is -1.14. The summed E-state index contributed by atoms with van der Waals surface area (Å²) >= 11 is 1.74. The number of hydrogen-bond acceptors (Lipinski definition) is 4. The average molecular weight is 365 g/mol. The van der Waals surface area contributed by atoms with Gasteiger partial charge in [-0.25, -0.2) is 4.98 Å². The highest BCUT2D eigenvalue weighted by Gasteiger charge is 2.23. The van der Waals surface area contributed by atoms with Crippen molar-refractivity contribution in [3.63, 3.8) is 0 Å². The number of piperidine rings is 1. The molecular formula is C19H32N4OS. The van der Waals surface area contributed by atoms with Crippen molar-refractivity contribution in [3.05, 3.63) is 16.1 Å². The van der Waals surface area contributed by atoms with Gasteiger partial charge < -0.3 is 15.0 Å². The summed E-state index contributed by atoms with van der Waals surface area (Å²) in [4.78, 5) is 11.4. The third kappa shape index (κ3) is 5.42. The van der Waals surface area contributed by atoms with E-state index in [-0.39, 0.29) is 0 Å². The van der Waals surface area contributed by atoms with Crippen LogP contribution in [-0.2, 0) is 17.7 Å². The molecule has 0 unspecified atom stereocenters. The molecule has 0 atom stereocenters. The molecule has 0 spiro atoms. The van der Waals surface area contributed by atoms with Gasteiger partial charge >= 0.3 is 0 Å². The second kappa shape index (κ2) is 9.53. The topological polar surface area (TPSA) is 49.8 Å². The van der Waals surface area contributed by atoms with Crippen LogP contribution in [0.2, 0.25) is 0 Å². The van der Waals surface area contributed by atoms with Crippen molar-refractivity contribution in [1.29, 1.82) is 0 Å². The zero-order valence-corrected chi connectivity index (χ0v) is 16.5. The van der Waals surface area contributed by atoms with Crippen molar-refractivity contribution in [2.24, 2.45) is 10.9 Å².